The lowest BCUT2D eigenvalue weighted by Gasteiger charge is -2.48. The summed E-state index contributed by atoms with van der Waals surface area (Å²) in [6.45, 7) is 15.2. The van der Waals surface area contributed by atoms with Crippen LogP contribution in [0.1, 0.15) is 157 Å². The lowest BCUT2D eigenvalue weighted by atomic mass is 9.62. The molecule has 0 amide bonds. The number of hydrogen-bond donors (Lipinski definition) is 1. The molecule has 0 aromatic carbocycles. The van der Waals surface area contributed by atoms with Gasteiger partial charge in [0.05, 0.1) is 18.2 Å². The van der Waals surface area contributed by atoms with Gasteiger partial charge in [-0.25, -0.2) is 0 Å². The van der Waals surface area contributed by atoms with Crippen LogP contribution in [0.2, 0.25) is 0 Å². The Kier molecular flexibility index (Phi) is 12.7. The number of aliphatic imine (C=N–C) groups is 2. The van der Waals surface area contributed by atoms with Crippen LogP contribution in [0.3, 0.4) is 0 Å². The fourth-order valence-corrected chi connectivity index (χ4v) is 10.7. The quantitative estimate of drug-likeness (QED) is 0.270. The Morgan fingerprint density at radius 3 is 1.67 bits per heavy atom. The average Bonchev–Trinajstić information content (AvgIpc) is 3.02. The molecule has 5 rings (SSSR count). The molecule has 1 aliphatic heterocycles. The summed E-state index contributed by atoms with van der Waals surface area (Å²) in [6.07, 6.45) is 24.8. The fourth-order valence-electron chi connectivity index (χ4n) is 10.7. The monoisotopic (exact) mass is 596 g/mol. The molecule has 0 aromatic heterocycles. The SMILES string of the molecule is CCCOC1C(C2CCCCC2)CC(N=C(C)C2CCCC(C(C)=NC3C(C)CC(C)CC3C)N2)CC1C1CCCCC1. The Bertz CT molecular complexity index is 862. The van der Waals surface area contributed by atoms with Gasteiger partial charge in [0.15, 0.2) is 0 Å². The minimum Gasteiger partial charge on any atom is -0.378 e. The molecule has 1 N–H and O–H groups in total. The topological polar surface area (TPSA) is 46.0 Å². The molecule has 1 heterocycles. The zero-order valence-electron chi connectivity index (χ0n) is 29.2. The third-order valence-corrected chi connectivity index (χ3v) is 12.8. The molecule has 4 heteroatoms. The van der Waals surface area contributed by atoms with Crippen molar-refractivity contribution >= 4 is 11.4 Å². The van der Waals surface area contributed by atoms with E-state index in [9.17, 15) is 0 Å². The van der Waals surface area contributed by atoms with E-state index in [0.717, 1.165) is 30.8 Å². The maximum absolute atomic E-state index is 6.88. The average molecular weight is 596 g/mol. The Morgan fingerprint density at radius 1 is 0.651 bits per heavy atom. The van der Waals surface area contributed by atoms with Crippen LogP contribution in [0.15, 0.2) is 9.98 Å². The second-order valence-electron chi connectivity index (χ2n) is 16.3. The van der Waals surface area contributed by atoms with E-state index >= 15 is 0 Å². The summed E-state index contributed by atoms with van der Waals surface area (Å²) in [5.74, 6) is 5.35. The zero-order valence-corrected chi connectivity index (χ0v) is 29.2. The molecule has 0 radical (unpaired) electrons. The van der Waals surface area contributed by atoms with E-state index in [1.165, 1.54) is 121 Å². The van der Waals surface area contributed by atoms with Crippen LogP contribution < -0.4 is 5.32 Å². The van der Waals surface area contributed by atoms with Crippen molar-refractivity contribution in [1.82, 2.24) is 5.32 Å². The highest BCUT2D eigenvalue weighted by atomic mass is 16.5. The summed E-state index contributed by atoms with van der Waals surface area (Å²) < 4.78 is 6.88. The zero-order chi connectivity index (χ0) is 30.3. The van der Waals surface area contributed by atoms with Gasteiger partial charge in [-0.2, -0.15) is 0 Å². The smallest absolute Gasteiger partial charge is 0.0638 e. The molecule has 246 valence electrons. The molecular formula is C39H69N3O. The summed E-state index contributed by atoms with van der Waals surface area (Å²) in [4.78, 5) is 11.1. The number of piperidine rings is 1. The van der Waals surface area contributed by atoms with Crippen LogP contribution in [-0.2, 0) is 4.74 Å². The van der Waals surface area contributed by atoms with Crippen molar-refractivity contribution in [3.8, 4) is 0 Å². The molecule has 1 saturated heterocycles. The van der Waals surface area contributed by atoms with Gasteiger partial charge in [0, 0.05) is 30.1 Å². The molecule has 0 spiro atoms. The largest absolute Gasteiger partial charge is 0.378 e. The van der Waals surface area contributed by atoms with Crippen molar-refractivity contribution in [3.63, 3.8) is 0 Å². The third-order valence-electron chi connectivity index (χ3n) is 12.8. The van der Waals surface area contributed by atoms with Gasteiger partial charge >= 0.3 is 0 Å². The van der Waals surface area contributed by atoms with Gasteiger partial charge in [0.25, 0.3) is 0 Å². The number of rotatable bonds is 9. The van der Waals surface area contributed by atoms with E-state index in [2.05, 4.69) is 46.9 Å². The fraction of sp³-hybridized carbons (Fsp3) is 0.949. The van der Waals surface area contributed by atoms with E-state index in [1.54, 1.807) is 0 Å². The summed E-state index contributed by atoms with van der Waals surface area (Å²) in [6, 6.07) is 1.78. The molecule has 0 aromatic rings. The first-order valence-electron chi connectivity index (χ1n) is 19.3. The molecule has 4 aliphatic carbocycles. The maximum Gasteiger partial charge on any atom is 0.0638 e. The predicted molar refractivity (Wildman–Crippen MR) is 184 cm³/mol. The van der Waals surface area contributed by atoms with Crippen LogP contribution in [0.25, 0.3) is 0 Å². The summed E-state index contributed by atoms with van der Waals surface area (Å²) in [5, 5.41) is 4.07. The summed E-state index contributed by atoms with van der Waals surface area (Å²) >= 11 is 0. The standard InChI is InChI=1S/C39H69N3O/c1-7-21-43-39-34(31-15-10-8-11-16-31)24-33(25-35(39)32-17-12-9-13-18-32)40-29(5)36-19-14-20-37(42-36)30(6)41-38-27(3)22-26(2)23-28(38)4/h26-28,31-39,42H,7-25H2,1-6H3. The highest BCUT2D eigenvalue weighted by Gasteiger charge is 2.45. The Balaban J connectivity index is 1.30. The second-order valence-corrected chi connectivity index (χ2v) is 16.3. The normalized spacial score (nSPS) is 41.3. The van der Waals surface area contributed by atoms with Gasteiger partial charge in [-0.15, -0.1) is 0 Å². The van der Waals surface area contributed by atoms with Crippen LogP contribution in [0, 0.1) is 41.4 Å². The lowest BCUT2D eigenvalue weighted by Crippen LogP contribution is -2.50. The van der Waals surface area contributed by atoms with E-state index in [0.29, 0.717) is 53.9 Å². The van der Waals surface area contributed by atoms with Gasteiger partial charge in [-0.1, -0.05) is 91.9 Å². The highest BCUT2D eigenvalue weighted by Crippen LogP contribution is 2.48. The van der Waals surface area contributed by atoms with Crippen LogP contribution in [0.5, 0.6) is 0 Å². The molecule has 43 heavy (non-hydrogen) atoms. The van der Waals surface area contributed by atoms with Crippen molar-refractivity contribution < 1.29 is 4.74 Å². The number of hydrogen-bond acceptors (Lipinski definition) is 4. The Hall–Kier alpha value is -0.740. The molecule has 0 bridgehead atoms. The van der Waals surface area contributed by atoms with Crippen LogP contribution in [-0.4, -0.2) is 48.3 Å². The number of nitrogens with zero attached hydrogens (tertiary/aromatic N) is 2. The minimum atomic E-state index is 0.403. The van der Waals surface area contributed by atoms with E-state index in [4.69, 9.17) is 14.7 Å². The van der Waals surface area contributed by atoms with E-state index < -0.39 is 0 Å². The number of nitrogens with one attached hydrogen (secondary N) is 1. The minimum absolute atomic E-state index is 0.403. The van der Waals surface area contributed by atoms with Gasteiger partial charge in [-0.05, 0) is 107 Å². The van der Waals surface area contributed by atoms with Crippen LogP contribution >= 0.6 is 0 Å². The highest BCUT2D eigenvalue weighted by molar-refractivity contribution is 5.91. The molecule has 5 fully saturated rings. The predicted octanol–water partition coefficient (Wildman–Crippen LogP) is 9.84. The molecule has 4 nitrogen and oxygen atoms in total. The van der Waals surface area contributed by atoms with Crippen molar-refractivity contribution in [2.75, 3.05) is 6.61 Å². The van der Waals surface area contributed by atoms with Gasteiger partial charge in [0.2, 0.25) is 0 Å². The number of ether oxygens (including phenoxy) is 1. The first kappa shape index (κ1) is 33.6. The summed E-state index contributed by atoms with van der Waals surface area (Å²) in [5.41, 5.74) is 2.72. The third kappa shape index (κ3) is 8.75. The first-order valence-corrected chi connectivity index (χ1v) is 19.3. The van der Waals surface area contributed by atoms with Gasteiger partial charge in [0.1, 0.15) is 0 Å². The van der Waals surface area contributed by atoms with E-state index in [1.807, 2.05) is 0 Å². The molecule has 4 saturated carbocycles. The van der Waals surface area contributed by atoms with E-state index in [-0.39, 0.29) is 0 Å². The maximum atomic E-state index is 6.88. The molecule has 6 unspecified atom stereocenters. The lowest BCUT2D eigenvalue weighted by molar-refractivity contribution is -0.0942. The first-order chi connectivity index (χ1) is 20.8. The summed E-state index contributed by atoms with van der Waals surface area (Å²) in [7, 11) is 0. The van der Waals surface area contributed by atoms with Gasteiger partial charge in [-0.3, -0.25) is 9.98 Å². The molecule has 5 aliphatic rings. The van der Waals surface area contributed by atoms with Crippen LogP contribution in [0.4, 0.5) is 0 Å². The molecule has 6 atom stereocenters. The second kappa shape index (κ2) is 16.2. The van der Waals surface area contributed by atoms with Gasteiger partial charge < -0.3 is 10.1 Å². The van der Waals surface area contributed by atoms with Crippen molar-refractivity contribution in [1.29, 1.82) is 0 Å². The van der Waals surface area contributed by atoms with Crippen molar-refractivity contribution in [2.24, 2.45) is 51.4 Å². The Morgan fingerprint density at radius 2 is 1.16 bits per heavy atom. The Labute approximate surface area is 266 Å². The van der Waals surface area contributed by atoms with Crippen molar-refractivity contribution in [2.45, 2.75) is 187 Å². The molecular weight excluding hydrogens is 526 g/mol. The van der Waals surface area contributed by atoms with Crippen molar-refractivity contribution in [3.05, 3.63) is 0 Å².